The van der Waals surface area contributed by atoms with Crippen molar-refractivity contribution in [2.24, 2.45) is 0 Å². The second kappa shape index (κ2) is 11.1. The summed E-state index contributed by atoms with van der Waals surface area (Å²) in [5.74, 6) is 0.577. The van der Waals surface area contributed by atoms with E-state index in [1.54, 1.807) is 29.3 Å². The SMILES string of the molecule is Cc1cn(Cc2cccc(Nc3nccc(-c4ccc(OC5CCN(C(=O)CO)C5)c(C#N)c4)n3)c2)cn1. The molecule has 0 radical (unpaired) electrons. The fourth-order valence-electron chi connectivity index (χ4n) is 4.44. The van der Waals surface area contributed by atoms with Crippen LogP contribution in [0.3, 0.4) is 0 Å². The first-order valence-corrected chi connectivity index (χ1v) is 12.3. The van der Waals surface area contributed by atoms with Gasteiger partial charge < -0.3 is 24.6 Å². The quantitative estimate of drug-likeness (QED) is 0.370. The Balaban J connectivity index is 1.29. The maximum absolute atomic E-state index is 11.7. The number of ether oxygens (including phenoxy) is 1. The summed E-state index contributed by atoms with van der Waals surface area (Å²) >= 11 is 0. The molecule has 3 heterocycles. The van der Waals surface area contributed by atoms with Gasteiger partial charge in [0, 0.05) is 43.2 Å². The third-order valence-corrected chi connectivity index (χ3v) is 6.29. The van der Waals surface area contributed by atoms with E-state index in [1.165, 1.54) is 0 Å². The number of benzene rings is 2. The van der Waals surface area contributed by atoms with Gasteiger partial charge >= 0.3 is 0 Å². The minimum Gasteiger partial charge on any atom is -0.487 e. The van der Waals surface area contributed by atoms with Gasteiger partial charge in [0.25, 0.3) is 0 Å². The number of hydrogen-bond donors (Lipinski definition) is 2. The average molecular weight is 510 g/mol. The summed E-state index contributed by atoms with van der Waals surface area (Å²) in [6, 6.07) is 17.4. The van der Waals surface area contributed by atoms with Crippen molar-refractivity contribution in [3.8, 4) is 23.1 Å². The van der Waals surface area contributed by atoms with Crippen molar-refractivity contribution < 1.29 is 14.6 Å². The summed E-state index contributed by atoms with van der Waals surface area (Å²) in [6.07, 6.45) is 5.90. The van der Waals surface area contributed by atoms with Gasteiger partial charge in [-0.3, -0.25) is 4.79 Å². The number of nitrogens with zero attached hydrogens (tertiary/aromatic N) is 6. The lowest BCUT2D eigenvalue weighted by Gasteiger charge is -2.17. The van der Waals surface area contributed by atoms with Crippen molar-refractivity contribution in [2.75, 3.05) is 25.0 Å². The Labute approximate surface area is 220 Å². The third kappa shape index (κ3) is 5.79. The Morgan fingerprint density at radius 1 is 1.24 bits per heavy atom. The summed E-state index contributed by atoms with van der Waals surface area (Å²) in [6.45, 7) is 3.06. The number of hydrogen-bond acceptors (Lipinski definition) is 8. The van der Waals surface area contributed by atoms with Crippen molar-refractivity contribution in [3.63, 3.8) is 0 Å². The summed E-state index contributed by atoms with van der Waals surface area (Å²) in [5, 5.41) is 22.1. The number of aryl methyl sites for hydroxylation is 1. The highest BCUT2D eigenvalue weighted by Crippen LogP contribution is 2.28. The molecule has 0 saturated carbocycles. The van der Waals surface area contributed by atoms with Crippen LogP contribution in [0.25, 0.3) is 11.3 Å². The number of aromatic nitrogens is 4. The molecule has 0 aliphatic carbocycles. The van der Waals surface area contributed by atoms with Gasteiger partial charge in [-0.1, -0.05) is 12.1 Å². The van der Waals surface area contributed by atoms with E-state index in [4.69, 9.17) is 9.84 Å². The number of nitriles is 1. The molecule has 1 amide bonds. The van der Waals surface area contributed by atoms with Crippen LogP contribution < -0.4 is 10.1 Å². The molecule has 1 atom stereocenters. The van der Waals surface area contributed by atoms with Gasteiger partial charge in [0.1, 0.15) is 24.5 Å². The molecule has 1 aliphatic rings. The molecule has 0 spiro atoms. The fourth-order valence-corrected chi connectivity index (χ4v) is 4.44. The first-order chi connectivity index (χ1) is 18.5. The Morgan fingerprint density at radius 2 is 2.13 bits per heavy atom. The molecule has 1 saturated heterocycles. The molecular formula is C28H27N7O3. The molecule has 5 rings (SSSR count). The third-order valence-electron chi connectivity index (χ3n) is 6.29. The fraction of sp³-hybridized carbons (Fsp3) is 0.250. The summed E-state index contributed by atoms with van der Waals surface area (Å²) in [4.78, 5) is 26.6. The van der Waals surface area contributed by atoms with E-state index in [9.17, 15) is 10.1 Å². The lowest BCUT2D eigenvalue weighted by Crippen LogP contribution is -2.32. The molecule has 2 aromatic heterocycles. The number of anilines is 2. The van der Waals surface area contributed by atoms with Gasteiger partial charge in [-0.15, -0.1) is 0 Å². The second-order valence-corrected chi connectivity index (χ2v) is 9.13. The van der Waals surface area contributed by atoms with Crippen LogP contribution in [0.4, 0.5) is 11.6 Å². The highest BCUT2D eigenvalue weighted by atomic mass is 16.5. The lowest BCUT2D eigenvalue weighted by molar-refractivity contribution is -0.133. The first kappa shape index (κ1) is 24.9. The monoisotopic (exact) mass is 509 g/mol. The van der Waals surface area contributed by atoms with Crippen molar-refractivity contribution in [2.45, 2.75) is 26.0 Å². The number of aliphatic hydroxyl groups excluding tert-OH is 1. The van der Waals surface area contributed by atoms with Crippen molar-refractivity contribution >= 4 is 17.5 Å². The molecule has 10 nitrogen and oxygen atoms in total. The number of imidazole rings is 1. The molecule has 2 N–H and O–H groups in total. The Morgan fingerprint density at radius 3 is 2.92 bits per heavy atom. The summed E-state index contributed by atoms with van der Waals surface area (Å²) in [7, 11) is 0. The van der Waals surface area contributed by atoms with Gasteiger partial charge in [-0.2, -0.15) is 5.26 Å². The highest BCUT2D eigenvalue weighted by molar-refractivity contribution is 5.77. The standard InChI is InChI=1S/C28H27N7O3/c1-19-14-34(18-31-19)15-20-3-2-4-23(11-20)32-28-30-9-7-25(33-28)21-5-6-26(22(12-21)13-29)38-24-8-10-35(16-24)27(37)17-36/h2-7,9,11-12,14,18,24,36H,8,10,15-17H2,1H3,(H,30,32,33). The van der Waals surface area contributed by atoms with Gasteiger partial charge in [-0.25, -0.2) is 15.0 Å². The number of likely N-dealkylation sites (tertiary alicyclic amines) is 1. The zero-order valence-electron chi connectivity index (χ0n) is 20.9. The van der Waals surface area contributed by atoms with Crippen LogP contribution in [0, 0.1) is 18.3 Å². The van der Waals surface area contributed by atoms with Crippen LogP contribution in [0.2, 0.25) is 0 Å². The predicted octanol–water partition coefficient (Wildman–Crippen LogP) is 3.28. The molecule has 1 aliphatic heterocycles. The minimum absolute atomic E-state index is 0.230. The normalized spacial score (nSPS) is 14.8. The molecule has 2 aromatic carbocycles. The first-order valence-electron chi connectivity index (χ1n) is 12.3. The zero-order valence-corrected chi connectivity index (χ0v) is 20.9. The minimum atomic E-state index is -0.517. The Bertz CT molecular complexity index is 1490. The van der Waals surface area contributed by atoms with Crippen LogP contribution in [-0.2, 0) is 11.3 Å². The van der Waals surface area contributed by atoms with Crippen LogP contribution in [0.5, 0.6) is 5.75 Å². The summed E-state index contributed by atoms with van der Waals surface area (Å²) < 4.78 is 8.05. The van der Waals surface area contributed by atoms with Gasteiger partial charge in [0.15, 0.2) is 0 Å². The predicted molar refractivity (Wildman–Crippen MR) is 141 cm³/mol. The zero-order chi connectivity index (χ0) is 26.5. The molecule has 192 valence electrons. The molecule has 1 fully saturated rings. The topological polar surface area (TPSA) is 129 Å². The molecule has 38 heavy (non-hydrogen) atoms. The van der Waals surface area contributed by atoms with E-state index in [0.717, 1.165) is 22.5 Å². The molecular weight excluding hydrogens is 482 g/mol. The van der Waals surface area contributed by atoms with E-state index in [1.807, 2.05) is 48.3 Å². The maximum atomic E-state index is 11.7. The van der Waals surface area contributed by atoms with E-state index in [2.05, 4.69) is 32.4 Å². The average Bonchev–Trinajstić information content (AvgIpc) is 3.57. The number of carbonyl (C=O) groups is 1. The van der Waals surface area contributed by atoms with E-state index >= 15 is 0 Å². The van der Waals surface area contributed by atoms with Crippen molar-refractivity contribution in [1.29, 1.82) is 5.26 Å². The van der Waals surface area contributed by atoms with Crippen molar-refractivity contribution in [1.82, 2.24) is 24.4 Å². The van der Waals surface area contributed by atoms with E-state index < -0.39 is 6.61 Å². The van der Waals surface area contributed by atoms with Crippen LogP contribution >= 0.6 is 0 Å². The number of nitrogens with one attached hydrogen (secondary N) is 1. The lowest BCUT2D eigenvalue weighted by atomic mass is 10.1. The molecule has 10 heteroatoms. The largest absolute Gasteiger partial charge is 0.487 e. The molecule has 0 bridgehead atoms. The van der Waals surface area contributed by atoms with Gasteiger partial charge in [-0.05, 0) is 48.9 Å². The highest BCUT2D eigenvalue weighted by Gasteiger charge is 2.27. The van der Waals surface area contributed by atoms with Crippen molar-refractivity contribution in [3.05, 3.63) is 84.1 Å². The van der Waals surface area contributed by atoms with Gasteiger partial charge in [0.2, 0.25) is 11.9 Å². The Hall–Kier alpha value is -4.75. The number of rotatable bonds is 8. The van der Waals surface area contributed by atoms with E-state index in [0.29, 0.717) is 49.0 Å². The van der Waals surface area contributed by atoms with Crippen LogP contribution in [0.15, 0.2) is 67.3 Å². The van der Waals surface area contributed by atoms with Gasteiger partial charge in [0.05, 0.1) is 29.8 Å². The van der Waals surface area contributed by atoms with Crippen LogP contribution in [0.1, 0.15) is 23.2 Å². The molecule has 4 aromatic rings. The number of aliphatic hydroxyl groups is 1. The smallest absolute Gasteiger partial charge is 0.248 e. The maximum Gasteiger partial charge on any atom is 0.248 e. The Kier molecular flexibility index (Phi) is 7.28. The number of amides is 1. The summed E-state index contributed by atoms with van der Waals surface area (Å²) in [5.41, 5.74) is 4.75. The second-order valence-electron chi connectivity index (χ2n) is 9.13. The number of carbonyl (C=O) groups excluding carboxylic acids is 1. The van der Waals surface area contributed by atoms with E-state index in [-0.39, 0.29) is 12.0 Å². The van der Waals surface area contributed by atoms with Crippen LogP contribution in [-0.4, -0.2) is 61.2 Å². The molecule has 1 unspecified atom stereocenters.